The van der Waals surface area contributed by atoms with E-state index in [2.05, 4.69) is 43.2 Å². The first-order chi connectivity index (χ1) is 10.1. The minimum absolute atomic E-state index is 0.325. The lowest BCUT2D eigenvalue weighted by molar-refractivity contribution is 0.416. The van der Waals surface area contributed by atoms with E-state index < -0.39 is 0 Å². The van der Waals surface area contributed by atoms with Gasteiger partial charge in [0.05, 0.1) is 11.2 Å². The second-order valence-corrected chi connectivity index (χ2v) is 7.42. The molecule has 4 unspecified atom stereocenters. The summed E-state index contributed by atoms with van der Waals surface area (Å²) in [7, 11) is 0. The largest absolute Gasteiger partial charge is 0.302 e. The highest BCUT2D eigenvalue weighted by Gasteiger charge is 2.40. The van der Waals surface area contributed by atoms with E-state index in [-0.39, 0.29) is 0 Å². The van der Waals surface area contributed by atoms with Crippen LogP contribution in [0.4, 0.5) is 0 Å². The number of hydrogen-bond donors (Lipinski definition) is 1. The summed E-state index contributed by atoms with van der Waals surface area (Å²) in [5.74, 6) is 1.52. The van der Waals surface area contributed by atoms with Crippen LogP contribution in [0.5, 0.6) is 0 Å². The maximum Gasteiger partial charge on any atom is 0.0798 e. The molecule has 2 aromatic rings. The highest BCUT2D eigenvalue weighted by atomic mass is 35.5. The zero-order chi connectivity index (χ0) is 15.0. The maximum absolute atomic E-state index is 6.02. The molecule has 0 aliphatic heterocycles. The average molecular weight is 321 g/mol. The summed E-state index contributed by atoms with van der Waals surface area (Å²) >= 11 is 7.76. The Kier molecular flexibility index (Phi) is 4.34. The van der Waals surface area contributed by atoms with Crippen LogP contribution in [0.15, 0.2) is 29.8 Å². The molecular formula is C17H21ClN2S. The van der Waals surface area contributed by atoms with E-state index in [1.54, 1.807) is 11.3 Å². The molecule has 21 heavy (non-hydrogen) atoms. The summed E-state index contributed by atoms with van der Waals surface area (Å²) in [6.45, 7) is 6.65. The van der Waals surface area contributed by atoms with Crippen LogP contribution in [0, 0.1) is 18.8 Å². The third-order valence-electron chi connectivity index (χ3n) is 4.43. The van der Waals surface area contributed by atoms with Crippen LogP contribution in [0.3, 0.4) is 0 Å². The van der Waals surface area contributed by atoms with Gasteiger partial charge in [0, 0.05) is 22.0 Å². The highest BCUT2D eigenvalue weighted by Crippen LogP contribution is 2.48. The molecule has 4 heteroatoms. The Hall–Kier alpha value is -0.900. The lowest BCUT2D eigenvalue weighted by Gasteiger charge is -2.24. The fourth-order valence-corrected chi connectivity index (χ4v) is 3.97. The summed E-state index contributed by atoms with van der Waals surface area (Å²) in [4.78, 5) is 5.70. The van der Waals surface area contributed by atoms with Gasteiger partial charge in [-0.05, 0) is 49.8 Å². The van der Waals surface area contributed by atoms with E-state index in [0.717, 1.165) is 22.6 Å². The van der Waals surface area contributed by atoms with Gasteiger partial charge in [-0.1, -0.05) is 30.7 Å². The quantitative estimate of drug-likeness (QED) is 0.823. The Labute approximate surface area is 135 Å². The zero-order valence-corrected chi connectivity index (χ0v) is 14.2. The van der Waals surface area contributed by atoms with Crippen LogP contribution >= 0.6 is 22.9 Å². The number of aromatic nitrogens is 1. The number of hydrogen-bond acceptors (Lipinski definition) is 3. The SMILES string of the molecule is Cc1ncsc1C(C)NC(c1ccc(Cl)cc1)C1CC1C. The Bertz CT molecular complexity index is 608. The van der Waals surface area contributed by atoms with Crippen molar-refractivity contribution >= 4 is 22.9 Å². The lowest BCUT2D eigenvalue weighted by Crippen LogP contribution is -2.26. The van der Waals surface area contributed by atoms with Gasteiger partial charge in [0.2, 0.25) is 0 Å². The Morgan fingerprint density at radius 1 is 1.33 bits per heavy atom. The molecule has 0 amide bonds. The molecule has 1 aromatic heterocycles. The molecule has 3 rings (SSSR count). The fourth-order valence-electron chi connectivity index (χ4n) is 3.02. The number of benzene rings is 1. The summed E-state index contributed by atoms with van der Waals surface area (Å²) in [6.07, 6.45) is 1.30. The van der Waals surface area contributed by atoms with Crippen molar-refractivity contribution in [3.8, 4) is 0 Å². The van der Waals surface area contributed by atoms with Gasteiger partial charge in [-0.15, -0.1) is 11.3 Å². The number of thiazole rings is 1. The number of rotatable bonds is 5. The molecule has 1 aromatic carbocycles. The number of nitrogens with one attached hydrogen (secondary N) is 1. The maximum atomic E-state index is 6.02. The molecular weight excluding hydrogens is 300 g/mol. The predicted octanol–water partition coefficient (Wildman–Crippen LogP) is 5.15. The lowest BCUT2D eigenvalue weighted by atomic mass is 10.00. The standard InChI is InChI=1S/C17H21ClN2S/c1-10-8-15(10)16(13-4-6-14(18)7-5-13)20-12(3)17-11(2)19-9-21-17/h4-7,9-10,12,15-16,20H,8H2,1-3H3. The molecule has 0 spiro atoms. The predicted molar refractivity (Wildman–Crippen MR) is 89.9 cm³/mol. The van der Waals surface area contributed by atoms with Gasteiger partial charge in [-0.25, -0.2) is 4.98 Å². The van der Waals surface area contributed by atoms with E-state index in [0.29, 0.717) is 12.1 Å². The third kappa shape index (κ3) is 3.31. The van der Waals surface area contributed by atoms with Crippen molar-refractivity contribution in [2.75, 3.05) is 0 Å². The normalized spacial score (nSPS) is 23.8. The summed E-state index contributed by atoms with van der Waals surface area (Å²) < 4.78 is 0. The van der Waals surface area contributed by atoms with E-state index in [1.807, 2.05) is 17.6 Å². The molecule has 0 bridgehead atoms. The molecule has 0 radical (unpaired) electrons. The molecule has 1 aliphatic carbocycles. The van der Waals surface area contributed by atoms with Crippen molar-refractivity contribution < 1.29 is 0 Å². The van der Waals surface area contributed by atoms with Crippen LogP contribution < -0.4 is 5.32 Å². The van der Waals surface area contributed by atoms with Gasteiger partial charge in [0.1, 0.15) is 0 Å². The van der Waals surface area contributed by atoms with Crippen molar-refractivity contribution in [3.63, 3.8) is 0 Å². The van der Waals surface area contributed by atoms with E-state index in [4.69, 9.17) is 11.6 Å². The molecule has 0 saturated heterocycles. The molecule has 2 nitrogen and oxygen atoms in total. The van der Waals surface area contributed by atoms with Crippen LogP contribution in [0.2, 0.25) is 5.02 Å². The van der Waals surface area contributed by atoms with Crippen molar-refractivity contribution in [1.82, 2.24) is 10.3 Å². The minimum Gasteiger partial charge on any atom is -0.302 e. The smallest absolute Gasteiger partial charge is 0.0798 e. The first-order valence-electron chi connectivity index (χ1n) is 7.47. The zero-order valence-electron chi connectivity index (χ0n) is 12.6. The van der Waals surface area contributed by atoms with Crippen LogP contribution in [0.1, 0.15) is 48.5 Å². The number of aryl methyl sites for hydroxylation is 1. The van der Waals surface area contributed by atoms with Gasteiger partial charge >= 0.3 is 0 Å². The van der Waals surface area contributed by atoms with Gasteiger partial charge in [0.25, 0.3) is 0 Å². The van der Waals surface area contributed by atoms with Crippen LogP contribution in [-0.2, 0) is 0 Å². The Morgan fingerprint density at radius 3 is 2.52 bits per heavy atom. The molecule has 1 aliphatic rings. The fraction of sp³-hybridized carbons (Fsp3) is 0.471. The monoisotopic (exact) mass is 320 g/mol. The van der Waals surface area contributed by atoms with Crippen molar-refractivity contribution in [2.24, 2.45) is 11.8 Å². The van der Waals surface area contributed by atoms with Gasteiger partial charge in [-0.2, -0.15) is 0 Å². The Balaban J connectivity index is 1.80. The first-order valence-corrected chi connectivity index (χ1v) is 8.73. The second-order valence-electron chi connectivity index (χ2n) is 6.10. The number of halogens is 1. The van der Waals surface area contributed by atoms with E-state index >= 15 is 0 Å². The molecule has 4 atom stereocenters. The summed E-state index contributed by atoms with van der Waals surface area (Å²) in [5, 5.41) is 4.61. The van der Waals surface area contributed by atoms with Gasteiger partial charge in [0.15, 0.2) is 0 Å². The first kappa shape index (κ1) is 15.0. The summed E-state index contributed by atoms with van der Waals surface area (Å²) in [5.41, 5.74) is 4.40. The highest BCUT2D eigenvalue weighted by molar-refractivity contribution is 7.09. The molecule has 1 N–H and O–H groups in total. The van der Waals surface area contributed by atoms with Crippen LogP contribution in [-0.4, -0.2) is 4.98 Å². The van der Waals surface area contributed by atoms with Gasteiger partial charge < -0.3 is 5.32 Å². The number of nitrogens with zero attached hydrogens (tertiary/aromatic N) is 1. The van der Waals surface area contributed by atoms with Crippen molar-refractivity contribution in [1.29, 1.82) is 0 Å². The average Bonchev–Trinajstić information content (AvgIpc) is 3.01. The van der Waals surface area contributed by atoms with Crippen molar-refractivity contribution in [3.05, 3.63) is 50.9 Å². The second kappa shape index (κ2) is 6.07. The summed E-state index contributed by atoms with van der Waals surface area (Å²) in [6, 6.07) is 9.00. The topological polar surface area (TPSA) is 24.9 Å². The van der Waals surface area contributed by atoms with Gasteiger partial charge in [-0.3, -0.25) is 0 Å². The third-order valence-corrected chi connectivity index (χ3v) is 5.80. The molecule has 112 valence electrons. The van der Waals surface area contributed by atoms with E-state index in [9.17, 15) is 0 Å². The molecule has 1 fully saturated rings. The molecule has 1 saturated carbocycles. The van der Waals surface area contributed by atoms with Crippen molar-refractivity contribution in [2.45, 2.75) is 39.3 Å². The van der Waals surface area contributed by atoms with E-state index in [1.165, 1.54) is 16.9 Å². The Morgan fingerprint density at radius 2 is 2.00 bits per heavy atom. The van der Waals surface area contributed by atoms with Crippen LogP contribution in [0.25, 0.3) is 0 Å². The molecule has 1 heterocycles. The minimum atomic E-state index is 0.325.